The van der Waals surface area contributed by atoms with Crippen LogP contribution in [0.5, 0.6) is 0 Å². The van der Waals surface area contributed by atoms with Gasteiger partial charge >= 0.3 is 0 Å². The van der Waals surface area contributed by atoms with Crippen LogP contribution in [-0.4, -0.2) is 26.0 Å². The van der Waals surface area contributed by atoms with Crippen LogP contribution in [0.4, 0.5) is 0 Å². The first-order chi connectivity index (χ1) is 7.31. The summed E-state index contributed by atoms with van der Waals surface area (Å²) in [6, 6.07) is 0. The molecule has 2 aliphatic rings. The van der Waals surface area contributed by atoms with Crippen LogP contribution in [0.25, 0.3) is 0 Å². The molecule has 3 heteroatoms. The second kappa shape index (κ2) is 4.97. The van der Waals surface area contributed by atoms with Gasteiger partial charge in [-0.25, -0.2) is 0 Å². The SMILES string of the molecule is CNCC(C1CCCC1)C1CNC(=O)C1. The van der Waals surface area contributed by atoms with E-state index in [4.69, 9.17) is 0 Å². The highest BCUT2D eigenvalue weighted by Crippen LogP contribution is 2.36. The average Bonchev–Trinajstić information content (AvgIpc) is 2.85. The molecule has 0 aromatic rings. The summed E-state index contributed by atoms with van der Waals surface area (Å²) in [6.45, 7) is 1.98. The normalized spacial score (nSPS) is 29.4. The summed E-state index contributed by atoms with van der Waals surface area (Å²) in [5.41, 5.74) is 0. The van der Waals surface area contributed by atoms with Crippen molar-refractivity contribution in [2.45, 2.75) is 32.1 Å². The van der Waals surface area contributed by atoms with Crippen LogP contribution in [0.2, 0.25) is 0 Å². The van der Waals surface area contributed by atoms with Crippen molar-refractivity contribution < 1.29 is 4.79 Å². The van der Waals surface area contributed by atoms with Crippen LogP contribution >= 0.6 is 0 Å². The van der Waals surface area contributed by atoms with Crippen molar-refractivity contribution in [1.29, 1.82) is 0 Å². The minimum absolute atomic E-state index is 0.249. The minimum atomic E-state index is 0.249. The van der Waals surface area contributed by atoms with Crippen LogP contribution in [0.1, 0.15) is 32.1 Å². The number of nitrogens with one attached hydrogen (secondary N) is 2. The number of carbonyl (C=O) groups is 1. The zero-order chi connectivity index (χ0) is 10.7. The van der Waals surface area contributed by atoms with Crippen LogP contribution < -0.4 is 10.6 Å². The number of rotatable bonds is 4. The standard InChI is InChI=1S/C12H22N2O/c1-13-8-11(9-4-2-3-5-9)10-6-12(15)14-7-10/h9-11,13H,2-8H2,1H3,(H,14,15). The Bertz CT molecular complexity index is 224. The first-order valence-electron chi connectivity index (χ1n) is 6.22. The van der Waals surface area contributed by atoms with Gasteiger partial charge in [0.05, 0.1) is 0 Å². The van der Waals surface area contributed by atoms with Gasteiger partial charge < -0.3 is 10.6 Å². The molecule has 2 N–H and O–H groups in total. The maximum Gasteiger partial charge on any atom is 0.220 e. The van der Waals surface area contributed by atoms with E-state index >= 15 is 0 Å². The van der Waals surface area contributed by atoms with Gasteiger partial charge in [0.2, 0.25) is 5.91 Å². The van der Waals surface area contributed by atoms with Gasteiger partial charge in [0.15, 0.2) is 0 Å². The fourth-order valence-electron chi connectivity index (χ4n) is 3.27. The number of hydrogen-bond donors (Lipinski definition) is 2. The Hall–Kier alpha value is -0.570. The van der Waals surface area contributed by atoms with Gasteiger partial charge in [0.25, 0.3) is 0 Å². The Kier molecular flexibility index (Phi) is 3.62. The monoisotopic (exact) mass is 210 g/mol. The maximum absolute atomic E-state index is 11.2. The average molecular weight is 210 g/mol. The van der Waals surface area contributed by atoms with Crippen molar-refractivity contribution in [3.05, 3.63) is 0 Å². The molecule has 3 nitrogen and oxygen atoms in total. The first-order valence-corrected chi connectivity index (χ1v) is 6.22. The summed E-state index contributed by atoms with van der Waals surface area (Å²) in [7, 11) is 2.02. The van der Waals surface area contributed by atoms with E-state index < -0.39 is 0 Å². The largest absolute Gasteiger partial charge is 0.356 e. The van der Waals surface area contributed by atoms with E-state index in [2.05, 4.69) is 10.6 Å². The van der Waals surface area contributed by atoms with E-state index in [-0.39, 0.29) is 5.91 Å². The van der Waals surface area contributed by atoms with Gasteiger partial charge in [-0.15, -0.1) is 0 Å². The van der Waals surface area contributed by atoms with Gasteiger partial charge in [-0.05, 0) is 31.3 Å². The van der Waals surface area contributed by atoms with Crippen molar-refractivity contribution in [1.82, 2.24) is 10.6 Å². The molecule has 1 aliphatic carbocycles. The summed E-state index contributed by atoms with van der Waals surface area (Å²) < 4.78 is 0. The Balaban J connectivity index is 1.95. The minimum Gasteiger partial charge on any atom is -0.356 e. The lowest BCUT2D eigenvalue weighted by Gasteiger charge is -2.27. The number of amides is 1. The third-order valence-corrected chi connectivity index (χ3v) is 4.06. The fourth-order valence-corrected chi connectivity index (χ4v) is 3.27. The van der Waals surface area contributed by atoms with Crippen molar-refractivity contribution in [2.24, 2.45) is 17.8 Å². The second-order valence-corrected chi connectivity index (χ2v) is 5.03. The van der Waals surface area contributed by atoms with Crippen LogP contribution in [-0.2, 0) is 4.79 Å². The molecule has 1 saturated carbocycles. The van der Waals surface area contributed by atoms with Gasteiger partial charge in [0, 0.05) is 13.0 Å². The Morgan fingerprint density at radius 1 is 1.40 bits per heavy atom. The molecule has 15 heavy (non-hydrogen) atoms. The van der Waals surface area contributed by atoms with Crippen molar-refractivity contribution in [3.8, 4) is 0 Å². The second-order valence-electron chi connectivity index (χ2n) is 5.03. The Labute approximate surface area is 92.0 Å². The zero-order valence-electron chi connectivity index (χ0n) is 9.59. The summed E-state index contributed by atoms with van der Waals surface area (Å²) in [5, 5.41) is 6.26. The predicted molar refractivity (Wildman–Crippen MR) is 60.5 cm³/mol. The van der Waals surface area contributed by atoms with Crippen LogP contribution in [0.3, 0.4) is 0 Å². The molecular weight excluding hydrogens is 188 g/mol. The summed E-state index contributed by atoms with van der Waals surface area (Å²) in [4.78, 5) is 11.2. The maximum atomic E-state index is 11.2. The molecule has 0 spiro atoms. The molecule has 2 rings (SSSR count). The third kappa shape index (κ3) is 2.51. The number of carbonyl (C=O) groups excluding carboxylic acids is 1. The predicted octanol–water partition coefficient (Wildman–Crippen LogP) is 1.15. The van der Waals surface area contributed by atoms with E-state index in [1.165, 1.54) is 25.7 Å². The highest BCUT2D eigenvalue weighted by Gasteiger charge is 2.34. The zero-order valence-corrected chi connectivity index (χ0v) is 9.59. The Morgan fingerprint density at radius 2 is 2.13 bits per heavy atom. The van der Waals surface area contributed by atoms with Crippen molar-refractivity contribution in [3.63, 3.8) is 0 Å². The molecule has 86 valence electrons. The molecule has 0 radical (unpaired) electrons. The van der Waals surface area contributed by atoms with E-state index in [0.717, 1.165) is 25.4 Å². The molecule has 1 heterocycles. The van der Waals surface area contributed by atoms with E-state index in [9.17, 15) is 4.79 Å². The lowest BCUT2D eigenvalue weighted by Crippen LogP contribution is -2.32. The number of hydrogen-bond acceptors (Lipinski definition) is 2. The first kappa shape index (κ1) is 10.9. The van der Waals surface area contributed by atoms with Gasteiger partial charge in [0.1, 0.15) is 0 Å². The summed E-state index contributed by atoms with van der Waals surface area (Å²) >= 11 is 0. The Morgan fingerprint density at radius 3 is 2.67 bits per heavy atom. The van der Waals surface area contributed by atoms with Crippen molar-refractivity contribution in [2.75, 3.05) is 20.1 Å². The van der Waals surface area contributed by atoms with Crippen LogP contribution in [0, 0.1) is 17.8 Å². The molecule has 0 aromatic carbocycles. The topological polar surface area (TPSA) is 41.1 Å². The molecule has 0 bridgehead atoms. The van der Waals surface area contributed by atoms with Gasteiger partial charge in [-0.1, -0.05) is 25.7 Å². The van der Waals surface area contributed by atoms with E-state index in [1.807, 2.05) is 7.05 Å². The smallest absolute Gasteiger partial charge is 0.220 e. The quantitative estimate of drug-likeness (QED) is 0.731. The highest BCUT2D eigenvalue weighted by atomic mass is 16.1. The fraction of sp³-hybridized carbons (Fsp3) is 0.917. The molecule has 1 saturated heterocycles. The van der Waals surface area contributed by atoms with E-state index in [0.29, 0.717) is 11.8 Å². The lowest BCUT2D eigenvalue weighted by atomic mass is 9.80. The summed E-state index contributed by atoms with van der Waals surface area (Å²) in [6.07, 6.45) is 6.27. The lowest BCUT2D eigenvalue weighted by molar-refractivity contribution is -0.119. The van der Waals surface area contributed by atoms with E-state index in [1.54, 1.807) is 0 Å². The molecule has 1 amide bonds. The highest BCUT2D eigenvalue weighted by molar-refractivity contribution is 5.78. The molecule has 1 aliphatic heterocycles. The van der Waals surface area contributed by atoms with Gasteiger partial charge in [-0.2, -0.15) is 0 Å². The third-order valence-electron chi connectivity index (χ3n) is 4.06. The molecule has 2 atom stereocenters. The molecule has 2 unspecified atom stereocenters. The summed E-state index contributed by atoms with van der Waals surface area (Å²) in [5.74, 6) is 2.39. The molecule has 0 aromatic heterocycles. The molecular formula is C12H22N2O. The van der Waals surface area contributed by atoms with Crippen LogP contribution in [0.15, 0.2) is 0 Å². The molecule has 2 fully saturated rings. The van der Waals surface area contributed by atoms with Crippen molar-refractivity contribution >= 4 is 5.91 Å². The van der Waals surface area contributed by atoms with Gasteiger partial charge in [-0.3, -0.25) is 4.79 Å².